The van der Waals surface area contributed by atoms with Crippen LogP contribution >= 0.6 is 0 Å². The standard InChI is InChI=1S/C39H36N4O/c1-25-18-19-40-37(20-25)42-35-15-11-10-14-33(35)34-17-16-31(24-36(34)42)44-32-22-29(39(4,5)6)21-30(23-32)43-27(3)38(26(2)41-43)28-12-8-7-9-13-28/h7-24H,1-6H3/i10D. The molecule has 0 aliphatic carbocycles. The highest BCUT2D eigenvalue weighted by molar-refractivity contribution is 6.09. The third-order valence-electron chi connectivity index (χ3n) is 8.30. The Bertz CT molecular complexity index is 2220. The van der Waals surface area contributed by atoms with E-state index < -0.39 is 0 Å². The molecule has 0 aliphatic rings. The van der Waals surface area contributed by atoms with E-state index in [0.717, 1.165) is 78.5 Å². The number of aryl methyl sites for hydroxylation is 2. The average molecular weight is 578 g/mol. The molecule has 0 amide bonds. The Balaban J connectivity index is 1.36. The summed E-state index contributed by atoms with van der Waals surface area (Å²) in [6.45, 7) is 12.9. The minimum atomic E-state index is -0.104. The first-order chi connectivity index (χ1) is 21.6. The van der Waals surface area contributed by atoms with Crippen LogP contribution in [-0.2, 0) is 5.41 Å². The predicted molar refractivity (Wildman–Crippen MR) is 181 cm³/mol. The SMILES string of the molecule is [2H]c1ccc2c(c1)c1ccc(Oc3cc(-n4nc(C)c(-c5ccccc5)c4C)cc(C(C)(C)C)c3)cc1n2-c1cc(C)ccn1. The summed E-state index contributed by atoms with van der Waals surface area (Å²) >= 11 is 0. The highest BCUT2D eigenvalue weighted by Gasteiger charge is 2.21. The number of aromatic nitrogens is 4. The molecule has 0 spiro atoms. The van der Waals surface area contributed by atoms with Crippen molar-refractivity contribution in [2.45, 2.75) is 47.0 Å². The van der Waals surface area contributed by atoms with Gasteiger partial charge in [0, 0.05) is 40.4 Å². The molecular weight excluding hydrogens is 540 g/mol. The fourth-order valence-corrected chi connectivity index (χ4v) is 6.09. The number of hydrogen-bond acceptors (Lipinski definition) is 3. The van der Waals surface area contributed by atoms with Crippen LogP contribution in [0.3, 0.4) is 0 Å². The van der Waals surface area contributed by atoms with Gasteiger partial charge in [0.25, 0.3) is 0 Å². The number of benzene rings is 4. The second-order valence-electron chi connectivity index (χ2n) is 12.5. The van der Waals surface area contributed by atoms with E-state index in [1.165, 1.54) is 0 Å². The highest BCUT2D eigenvalue weighted by atomic mass is 16.5. The zero-order valence-corrected chi connectivity index (χ0v) is 26.0. The van der Waals surface area contributed by atoms with Gasteiger partial charge in [0.2, 0.25) is 0 Å². The molecule has 4 aromatic carbocycles. The van der Waals surface area contributed by atoms with Crippen molar-refractivity contribution < 1.29 is 6.11 Å². The summed E-state index contributed by atoms with van der Waals surface area (Å²) in [6.07, 6.45) is 1.84. The molecule has 0 N–H and O–H groups in total. The first-order valence-corrected chi connectivity index (χ1v) is 15.0. The van der Waals surface area contributed by atoms with Gasteiger partial charge >= 0.3 is 0 Å². The number of para-hydroxylation sites is 1. The highest BCUT2D eigenvalue weighted by Crippen LogP contribution is 2.37. The molecule has 218 valence electrons. The van der Waals surface area contributed by atoms with E-state index in [0.29, 0.717) is 6.04 Å². The van der Waals surface area contributed by atoms with Crippen molar-refractivity contribution >= 4 is 21.8 Å². The number of rotatable bonds is 5. The van der Waals surface area contributed by atoms with Crippen molar-refractivity contribution in [1.29, 1.82) is 0 Å². The van der Waals surface area contributed by atoms with E-state index in [1.54, 1.807) is 0 Å². The number of hydrogen-bond donors (Lipinski definition) is 0. The third-order valence-corrected chi connectivity index (χ3v) is 8.30. The van der Waals surface area contributed by atoms with Crippen LogP contribution in [0.4, 0.5) is 0 Å². The molecule has 0 radical (unpaired) electrons. The molecule has 0 unspecified atom stereocenters. The summed E-state index contributed by atoms with van der Waals surface area (Å²) in [6, 6.07) is 33.3. The summed E-state index contributed by atoms with van der Waals surface area (Å²) in [5, 5.41) is 7.06. The van der Waals surface area contributed by atoms with Crippen LogP contribution in [0.15, 0.2) is 109 Å². The molecule has 3 aromatic heterocycles. The van der Waals surface area contributed by atoms with Gasteiger partial charge in [-0.2, -0.15) is 5.10 Å². The van der Waals surface area contributed by atoms with Crippen molar-refractivity contribution in [2.75, 3.05) is 0 Å². The van der Waals surface area contributed by atoms with Gasteiger partial charge in [-0.05, 0) is 85.3 Å². The fourth-order valence-electron chi connectivity index (χ4n) is 6.09. The van der Waals surface area contributed by atoms with E-state index in [2.05, 4.69) is 107 Å². The third kappa shape index (κ3) is 4.84. The molecule has 0 aliphatic heterocycles. The van der Waals surface area contributed by atoms with Crippen LogP contribution < -0.4 is 4.74 Å². The van der Waals surface area contributed by atoms with Crippen LogP contribution in [0.5, 0.6) is 11.5 Å². The number of fused-ring (bicyclic) bond motifs is 3. The summed E-state index contributed by atoms with van der Waals surface area (Å²) in [7, 11) is 0. The van der Waals surface area contributed by atoms with Gasteiger partial charge in [0.15, 0.2) is 0 Å². The van der Waals surface area contributed by atoms with Crippen LogP contribution in [0.2, 0.25) is 0 Å². The first kappa shape index (κ1) is 26.5. The van der Waals surface area contributed by atoms with Crippen LogP contribution in [-0.4, -0.2) is 19.3 Å². The monoisotopic (exact) mass is 577 g/mol. The van der Waals surface area contributed by atoms with Gasteiger partial charge in [-0.1, -0.05) is 69.3 Å². The lowest BCUT2D eigenvalue weighted by Crippen LogP contribution is -2.12. The Morgan fingerprint density at radius 2 is 1.55 bits per heavy atom. The molecule has 0 bridgehead atoms. The van der Waals surface area contributed by atoms with Crippen molar-refractivity contribution in [2.24, 2.45) is 0 Å². The van der Waals surface area contributed by atoms with Crippen molar-refractivity contribution in [3.63, 3.8) is 0 Å². The van der Waals surface area contributed by atoms with Gasteiger partial charge in [0.1, 0.15) is 17.3 Å². The summed E-state index contributed by atoms with van der Waals surface area (Å²) in [5.41, 5.74) is 9.51. The topological polar surface area (TPSA) is 44.9 Å². The molecule has 5 nitrogen and oxygen atoms in total. The van der Waals surface area contributed by atoms with Gasteiger partial charge in [0.05, 0.1) is 23.8 Å². The lowest BCUT2D eigenvalue weighted by Gasteiger charge is -2.22. The first-order valence-electron chi connectivity index (χ1n) is 15.5. The molecule has 7 aromatic rings. The molecular formula is C39H36N4O. The van der Waals surface area contributed by atoms with Crippen LogP contribution in [0, 0.1) is 20.8 Å². The summed E-state index contributed by atoms with van der Waals surface area (Å²) in [4.78, 5) is 4.71. The Morgan fingerprint density at radius 1 is 0.750 bits per heavy atom. The fraction of sp³-hybridized carbons (Fsp3) is 0.179. The lowest BCUT2D eigenvalue weighted by atomic mass is 9.86. The average Bonchev–Trinajstić information content (AvgIpc) is 3.49. The number of pyridine rings is 1. The largest absolute Gasteiger partial charge is 0.457 e. The Labute approximate surface area is 259 Å². The molecule has 0 saturated heterocycles. The molecule has 3 heterocycles. The second kappa shape index (κ2) is 10.5. The predicted octanol–water partition coefficient (Wildman–Crippen LogP) is 10.0. The maximum Gasteiger partial charge on any atom is 0.137 e. The number of ether oxygens (including phenoxy) is 1. The minimum absolute atomic E-state index is 0.104. The maximum atomic E-state index is 8.27. The Morgan fingerprint density at radius 3 is 2.32 bits per heavy atom. The zero-order valence-electron chi connectivity index (χ0n) is 27.0. The van der Waals surface area contributed by atoms with Crippen molar-refractivity contribution in [3.05, 3.63) is 132 Å². The quantitative estimate of drug-likeness (QED) is 0.204. The van der Waals surface area contributed by atoms with E-state index in [4.69, 9.17) is 16.2 Å². The Hall–Kier alpha value is -5.16. The van der Waals surface area contributed by atoms with Gasteiger partial charge in [-0.15, -0.1) is 0 Å². The van der Waals surface area contributed by atoms with Gasteiger partial charge < -0.3 is 4.74 Å². The maximum absolute atomic E-state index is 8.27. The lowest BCUT2D eigenvalue weighted by molar-refractivity contribution is 0.478. The molecule has 0 atom stereocenters. The smallest absolute Gasteiger partial charge is 0.137 e. The van der Waals surface area contributed by atoms with Crippen LogP contribution in [0.25, 0.3) is 44.4 Å². The molecule has 7 rings (SSSR count). The normalized spacial score (nSPS) is 12.2. The molecule has 44 heavy (non-hydrogen) atoms. The molecule has 0 fully saturated rings. The Kier molecular flexibility index (Phi) is 6.33. The van der Waals surface area contributed by atoms with E-state index in [1.807, 2.05) is 47.3 Å². The van der Waals surface area contributed by atoms with E-state index in [-0.39, 0.29) is 5.41 Å². The van der Waals surface area contributed by atoms with Crippen LogP contribution in [0.1, 0.15) is 44.7 Å². The number of nitrogens with zero attached hydrogens (tertiary/aromatic N) is 4. The summed E-state index contributed by atoms with van der Waals surface area (Å²) in [5.74, 6) is 2.30. The zero-order chi connectivity index (χ0) is 31.5. The minimum Gasteiger partial charge on any atom is -0.457 e. The van der Waals surface area contributed by atoms with Gasteiger partial charge in [-0.25, -0.2) is 9.67 Å². The van der Waals surface area contributed by atoms with E-state index in [9.17, 15) is 0 Å². The van der Waals surface area contributed by atoms with Gasteiger partial charge in [-0.3, -0.25) is 4.57 Å². The molecule has 5 heteroatoms. The second-order valence-corrected chi connectivity index (χ2v) is 12.5. The van der Waals surface area contributed by atoms with Crippen molar-refractivity contribution in [1.82, 2.24) is 19.3 Å². The summed E-state index contributed by atoms with van der Waals surface area (Å²) < 4.78 is 19.1. The van der Waals surface area contributed by atoms with Crippen molar-refractivity contribution in [3.8, 4) is 34.1 Å². The molecule has 0 saturated carbocycles. The van der Waals surface area contributed by atoms with E-state index >= 15 is 0 Å².